The Labute approximate surface area is 193 Å². The van der Waals surface area contributed by atoms with Gasteiger partial charge in [-0.15, -0.1) is 0 Å². The molecule has 3 aromatic carbocycles. The van der Waals surface area contributed by atoms with Gasteiger partial charge in [0.15, 0.2) is 5.78 Å². The van der Waals surface area contributed by atoms with E-state index in [0.717, 1.165) is 30.5 Å². The number of benzene rings is 3. The molecule has 1 heterocycles. The van der Waals surface area contributed by atoms with Crippen molar-refractivity contribution >= 4 is 34.8 Å². The number of carbonyl (C=O) groups excluding carboxylic acids is 3. The predicted octanol–water partition coefficient (Wildman–Crippen LogP) is 5.45. The summed E-state index contributed by atoms with van der Waals surface area (Å²) in [4.78, 5) is 38.7. The maximum atomic E-state index is 13.0. The molecule has 6 heteroatoms. The van der Waals surface area contributed by atoms with Crippen LogP contribution in [0.4, 0.5) is 21.9 Å². The third kappa shape index (κ3) is 5.66. The van der Waals surface area contributed by atoms with Crippen molar-refractivity contribution in [2.24, 2.45) is 0 Å². The summed E-state index contributed by atoms with van der Waals surface area (Å²) in [6.07, 6.45) is 3.20. The van der Waals surface area contributed by atoms with Crippen LogP contribution in [0.2, 0.25) is 0 Å². The van der Waals surface area contributed by atoms with E-state index in [0.29, 0.717) is 23.5 Å². The number of Topliss-reactive ketones (excluding diaryl/α,β-unsaturated/α-hetero) is 1. The van der Waals surface area contributed by atoms with Crippen LogP contribution < -0.4 is 15.5 Å². The van der Waals surface area contributed by atoms with Crippen LogP contribution >= 0.6 is 0 Å². The van der Waals surface area contributed by atoms with E-state index in [1.54, 1.807) is 41.3 Å². The van der Waals surface area contributed by atoms with Gasteiger partial charge in [0.25, 0.3) is 0 Å². The lowest BCUT2D eigenvalue weighted by Crippen LogP contribution is -2.35. The summed E-state index contributed by atoms with van der Waals surface area (Å²) in [5.41, 5.74) is 4.82. The average Bonchev–Trinajstić information content (AvgIpc) is 3.03. The molecule has 0 radical (unpaired) electrons. The standard InChI is InChI=1S/C27H27N3O3/c1-19(31)22-9-6-10-24(18-22)28-26(32)17-20-12-14-23(15-13-20)29-27(33)30-16-5-4-8-21-7-2-3-11-25(21)30/h2-3,6-7,9-15,18H,4-5,8,16-17H2,1H3,(H,28,32)(H,29,33). The lowest BCUT2D eigenvalue weighted by molar-refractivity contribution is -0.115. The Bertz CT molecular complexity index is 1170. The minimum Gasteiger partial charge on any atom is -0.326 e. The average molecular weight is 442 g/mol. The number of carbonyl (C=O) groups is 3. The fourth-order valence-electron chi connectivity index (χ4n) is 4.01. The van der Waals surface area contributed by atoms with Gasteiger partial charge in [-0.05, 0) is 67.6 Å². The van der Waals surface area contributed by atoms with Crippen LogP contribution in [0.1, 0.15) is 41.3 Å². The number of aryl methyl sites for hydroxylation is 1. The van der Waals surface area contributed by atoms with Crippen LogP contribution in [-0.4, -0.2) is 24.3 Å². The highest BCUT2D eigenvalue weighted by Gasteiger charge is 2.20. The summed E-state index contributed by atoms with van der Waals surface area (Å²) >= 11 is 0. The molecule has 0 unspecified atom stereocenters. The van der Waals surface area contributed by atoms with Crippen LogP contribution in [0.25, 0.3) is 0 Å². The van der Waals surface area contributed by atoms with Crippen LogP contribution in [0.15, 0.2) is 72.8 Å². The fraction of sp³-hybridized carbons (Fsp3) is 0.222. The highest BCUT2D eigenvalue weighted by Crippen LogP contribution is 2.27. The molecule has 0 saturated carbocycles. The van der Waals surface area contributed by atoms with Crippen molar-refractivity contribution in [2.45, 2.75) is 32.6 Å². The molecule has 0 saturated heterocycles. The number of anilines is 3. The van der Waals surface area contributed by atoms with Gasteiger partial charge in [-0.3, -0.25) is 14.5 Å². The number of nitrogens with zero attached hydrogens (tertiary/aromatic N) is 1. The number of amides is 3. The minimum absolute atomic E-state index is 0.0487. The van der Waals surface area contributed by atoms with Crippen molar-refractivity contribution in [3.05, 3.63) is 89.5 Å². The summed E-state index contributed by atoms with van der Waals surface area (Å²) in [5, 5.41) is 5.80. The normalized spacial score (nSPS) is 12.9. The first-order valence-electron chi connectivity index (χ1n) is 11.2. The number of hydrogen-bond acceptors (Lipinski definition) is 3. The number of rotatable bonds is 5. The van der Waals surface area contributed by atoms with E-state index in [9.17, 15) is 14.4 Å². The van der Waals surface area contributed by atoms with Crippen molar-refractivity contribution in [1.82, 2.24) is 0 Å². The lowest BCUT2D eigenvalue weighted by Gasteiger charge is -2.23. The zero-order chi connectivity index (χ0) is 23.2. The van der Waals surface area contributed by atoms with E-state index >= 15 is 0 Å². The van der Waals surface area contributed by atoms with Crippen LogP contribution in [0.5, 0.6) is 0 Å². The smallest absolute Gasteiger partial charge is 0.326 e. The van der Waals surface area contributed by atoms with E-state index in [2.05, 4.69) is 16.7 Å². The Hall–Kier alpha value is -3.93. The summed E-state index contributed by atoms with van der Waals surface area (Å²) in [5.74, 6) is -0.221. The van der Waals surface area contributed by atoms with Gasteiger partial charge in [0.1, 0.15) is 0 Å². The lowest BCUT2D eigenvalue weighted by atomic mass is 10.1. The van der Waals surface area contributed by atoms with E-state index in [1.807, 2.05) is 30.3 Å². The van der Waals surface area contributed by atoms with Crippen molar-refractivity contribution in [3.63, 3.8) is 0 Å². The number of para-hydroxylation sites is 1. The number of nitrogens with one attached hydrogen (secondary N) is 2. The zero-order valence-corrected chi connectivity index (χ0v) is 18.6. The van der Waals surface area contributed by atoms with Gasteiger partial charge in [-0.1, -0.05) is 42.5 Å². The molecule has 0 fully saturated rings. The van der Waals surface area contributed by atoms with Gasteiger partial charge in [0.2, 0.25) is 5.91 Å². The third-order valence-corrected chi connectivity index (χ3v) is 5.73. The molecule has 4 rings (SSSR count). The number of hydrogen-bond donors (Lipinski definition) is 2. The monoisotopic (exact) mass is 441 g/mol. The maximum Gasteiger partial charge on any atom is 0.326 e. The molecular weight excluding hydrogens is 414 g/mol. The molecule has 2 N–H and O–H groups in total. The Kier molecular flexibility index (Phi) is 6.83. The van der Waals surface area contributed by atoms with Crippen molar-refractivity contribution in [2.75, 3.05) is 22.1 Å². The van der Waals surface area contributed by atoms with Crippen LogP contribution in [0.3, 0.4) is 0 Å². The molecule has 0 atom stereocenters. The Morgan fingerprint density at radius 2 is 1.64 bits per heavy atom. The van der Waals surface area contributed by atoms with Gasteiger partial charge in [0, 0.05) is 29.2 Å². The highest BCUT2D eigenvalue weighted by molar-refractivity contribution is 6.02. The molecule has 168 valence electrons. The van der Waals surface area contributed by atoms with E-state index < -0.39 is 0 Å². The van der Waals surface area contributed by atoms with Gasteiger partial charge in [0.05, 0.1) is 6.42 Å². The molecule has 1 aliphatic heterocycles. The fourth-order valence-corrected chi connectivity index (χ4v) is 4.01. The molecule has 3 aromatic rings. The Morgan fingerprint density at radius 3 is 2.42 bits per heavy atom. The van der Waals surface area contributed by atoms with Gasteiger partial charge < -0.3 is 10.6 Å². The van der Waals surface area contributed by atoms with Gasteiger partial charge in [-0.25, -0.2) is 4.79 Å². The first kappa shape index (κ1) is 22.3. The molecule has 1 aliphatic rings. The zero-order valence-electron chi connectivity index (χ0n) is 18.6. The Balaban J connectivity index is 1.36. The minimum atomic E-state index is -0.173. The largest absolute Gasteiger partial charge is 0.326 e. The first-order valence-corrected chi connectivity index (χ1v) is 11.2. The van der Waals surface area contributed by atoms with Crippen LogP contribution in [0, 0.1) is 0 Å². The Morgan fingerprint density at radius 1 is 0.848 bits per heavy atom. The van der Waals surface area contributed by atoms with Gasteiger partial charge >= 0.3 is 6.03 Å². The first-order chi connectivity index (χ1) is 16.0. The van der Waals surface area contributed by atoms with Crippen molar-refractivity contribution < 1.29 is 14.4 Å². The number of ketones is 1. The second-order valence-electron chi connectivity index (χ2n) is 8.23. The van der Waals surface area contributed by atoms with E-state index in [-0.39, 0.29) is 24.1 Å². The molecule has 0 aliphatic carbocycles. The molecule has 0 aromatic heterocycles. The topological polar surface area (TPSA) is 78.5 Å². The molecule has 6 nitrogen and oxygen atoms in total. The molecule has 0 spiro atoms. The third-order valence-electron chi connectivity index (χ3n) is 5.73. The summed E-state index contributed by atoms with van der Waals surface area (Å²) in [6.45, 7) is 2.18. The SMILES string of the molecule is CC(=O)c1cccc(NC(=O)Cc2ccc(NC(=O)N3CCCCc4ccccc43)cc2)c1. The predicted molar refractivity (Wildman–Crippen MR) is 131 cm³/mol. The van der Waals surface area contributed by atoms with Gasteiger partial charge in [-0.2, -0.15) is 0 Å². The number of urea groups is 1. The summed E-state index contributed by atoms with van der Waals surface area (Å²) in [7, 11) is 0. The second kappa shape index (κ2) is 10.1. The molecular formula is C27H27N3O3. The van der Waals surface area contributed by atoms with Crippen LogP contribution in [-0.2, 0) is 17.6 Å². The summed E-state index contributed by atoms with van der Waals surface area (Å²) < 4.78 is 0. The maximum absolute atomic E-state index is 13.0. The van der Waals surface area contributed by atoms with Crippen molar-refractivity contribution in [1.29, 1.82) is 0 Å². The van der Waals surface area contributed by atoms with E-state index in [4.69, 9.17) is 0 Å². The molecule has 3 amide bonds. The molecule has 0 bridgehead atoms. The van der Waals surface area contributed by atoms with Crippen molar-refractivity contribution in [3.8, 4) is 0 Å². The van der Waals surface area contributed by atoms with E-state index in [1.165, 1.54) is 12.5 Å². The molecule has 33 heavy (non-hydrogen) atoms. The quantitative estimate of drug-likeness (QED) is 0.517. The summed E-state index contributed by atoms with van der Waals surface area (Å²) in [6, 6.07) is 22.0. The highest BCUT2D eigenvalue weighted by atomic mass is 16.2. The second-order valence-corrected chi connectivity index (χ2v) is 8.23. The number of fused-ring (bicyclic) bond motifs is 1.